The summed E-state index contributed by atoms with van der Waals surface area (Å²) < 4.78 is 59.2. The molecule has 1 aliphatic heterocycles. The van der Waals surface area contributed by atoms with Gasteiger partial charge >= 0.3 is 6.03 Å². The molecule has 2 saturated carbocycles. The minimum absolute atomic E-state index is 0.0392. The van der Waals surface area contributed by atoms with Gasteiger partial charge in [0.2, 0.25) is 15.9 Å². The molecule has 194 valence electrons. The molecule has 1 N–H and O–H groups in total. The van der Waals surface area contributed by atoms with Crippen LogP contribution < -0.4 is 4.72 Å². The fourth-order valence-corrected chi connectivity index (χ4v) is 7.19. The normalized spacial score (nSPS) is 27.8. The van der Waals surface area contributed by atoms with E-state index in [2.05, 4.69) is 9.82 Å². The van der Waals surface area contributed by atoms with Crippen molar-refractivity contribution in [1.29, 1.82) is 0 Å². The number of sulfonamides is 1. The third-order valence-corrected chi connectivity index (χ3v) is 9.50. The Hall–Kier alpha value is -2.86. The van der Waals surface area contributed by atoms with Crippen molar-refractivity contribution in [2.45, 2.75) is 68.7 Å². The second kappa shape index (κ2) is 8.91. The first-order chi connectivity index (χ1) is 17.0. The van der Waals surface area contributed by atoms with E-state index in [1.54, 1.807) is 31.0 Å². The summed E-state index contributed by atoms with van der Waals surface area (Å²) in [5, 5.41) is 2.70. The standard InChI is InChI=1S/C24H29F2N5O4S/c1-24(7-8-24)28-36(34,35)21-9-18-20(10-19(21)26)30(13-15-3-5-17(25)6-4-15)23(33)31(22(18)32)14-16-11-27-29(2)12-16/h3-6,11-12,18-21,28H,7-10,13-14H2,1-2H3. The predicted octanol–water partition coefficient (Wildman–Crippen LogP) is 2.48. The van der Waals surface area contributed by atoms with E-state index in [4.69, 9.17) is 0 Å². The van der Waals surface area contributed by atoms with Crippen molar-refractivity contribution in [2.24, 2.45) is 13.0 Å². The van der Waals surface area contributed by atoms with Crippen molar-refractivity contribution in [3.05, 3.63) is 53.6 Å². The number of carbonyl (C=O) groups is 2. The Kier molecular flexibility index (Phi) is 6.14. The van der Waals surface area contributed by atoms with Gasteiger partial charge in [-0.1, -0.05) is 12.1 Å². The molecule has 1 aromatic heterocycles. The second-order valence-electron chi connectivity index (χ2n) is 10.4. The summed E-state index contributed by atoms with van der Waals surface area (Å²) in [4.78, 5) is 29.6. The molecule has 0 radical (unpaired) electrons. The number of halogens is 2. The van der Waals surface area contributed by atoms with Gasteiger partial charge < -0.3 is 4.90 Å². The molecule has 0 spiro atoms. The lowest BCUT2D eigenvalue weighted by Crippen LogP contribution is -2.65. The predicted molar refractivity (Wildman–Crippen MR) is 126 cm³/mol. The Morgan fingerprint density at radius 2 is 1.81 bits per heavy atom. The summed E-state index contributed by atoms with van der Waals surface area (Å²) in [5.41, 5.74) is 0.682. The lowest BCUT2D eigenvalue weighted by atomic mass is 9.79. The summed E-state index contributed by atoms with van der Waals surface area (Å²) in [6, 6.07) is 4.20. The first-order valence-corrected chi connectivity index (χ1v) is 13.5. The van der Waals surface area contributed by atoms with Crippen LogP contribution in [0.3, 0.4) is 0 Å². The molecular weight excluding hydrogens is 492 g/mol. The van der Waals surface area contributed by atoms with Crippen LogP contribution in [0.25, 0.3) is 0 Å². The summed E-state index contributed by atoms with van der Waals surface area (Å²) in [6.45, 7) is 1.77. The van der Waals surface area contributed by atoms with Crippen LogP contribution >= 0.6 is 0 Å². The molecule has 3 amide bonds. The van der Waals surface area contributed by atoms with E-state index >= 15 is 4.39 Å². The van der Waals surface area contributed by atoms with Gasteiger partial charge in [-0.2, -0.15) is 5.10 Å². The quantitative estimate of drug-likeness (QED) is 0.603. The van der Waals surface area contributed by atoms with Crippen molar-refractivity contribution < 1.29 is 26.8 Å². The molecule has 0 bridgehead atoms. The SMILES string of the molecule is Cn1cc(CN2C(=O)C3CC(S(=O)(=O)NC4(C)CC4)C(F)CC3N(Cc3ccc(F)cc3)C2=O)cn1. The van der Waals surface area contributed by atoms with Crippen LogP contribution in [0.1, 0.15) is 43.7 Å². The van der Waals surface area contributed by atoms with Crippen LogP contribution in [0.15, 0.2) is 36.7 Å². The summed E-state index contributed by atoms with van der Waals surface area (Å²) in [7, 11) is -2.31. The first kappa shape index (κ1) is 24.8. The van der Waals surface area contributed by atoms with Crippen LogP contribution in [-0.4, -0.2) is 62.9 Å². The number of imide groups is 1. The van der Waals surface area contributed by atoms with E-state index in [0.29, 0.717) is 24.0 Å². The second-order valence-corrected chi connectivity index (χ2v) is 12.3. The highest BCUT2D eigenvalue weighted by atomic mass is 32.2. The van der Waals surface area contributed by atoms with Crippen LogP contribution in [-0.2, 0) is 35.0 Å². The molecule has 1 saturated heterocycles. The number of fused-ring (bicyclic) bond motifs is 1. The van der Waals surface area contributed by atoms with Gasteiger partial charge in [-0.3, -0.25) is 14.4 Å². The van der Waals surface area contributed by atoms with E-state index in [1.165, 1.54) is 29.2 Å². The van der Waals surface area contributed by atoms with Gasteiger partial charge in [0.1, 0.15) is 17.2 Å². The van der Waals surface area contributed by atoms with Gasteiger partial charge in [0.05, 0.1) is 18.7 Å². The highest BCUT2D eigenvalue weighted by Gasteiger charge is 2.55. The van der Waals surface area contributed by atoms with E-state index < -0.39 is 56.7 Å². The maximum Gasteiger partial charge on any atom is 0.327 e. The third-order valence-electron chi connectivity index (χ3n) is 7.43. The minimum atomic E-state index is -4.02. The fourth-order valence-electron chi connectivity index (χ4n) is 5.19. The molecule has 36 heavy (non-hydrogen) atoms. The maximum atomic E-state index is 15.4. The molecule has 5 rings (SSSR count). The van der Waals surface area contributed by atoms with Gasteiger partial charge in [-0.25, -0.2) is 26.7 Å². The molecule has 3 aliphatic rings. The highest BCUT2D eigenvalue weighted by Crippen LogP contribution is 2.41. The summed E-state index contributed by atoms with van der Waals surface area (Å²) in [5.74, 6) is -1.84. The van der Waals surface area contributed by atoms with Crippen molar-refractivity contribution in [1.82, 2.24) is 24.3 Å². The van der Waals surface area contributed by atoms with E-state index in [1.807, 2.05) is 0 Å². The molecule has 2 heterocycles. The molecule has 2 aromatic rings. The number of carbonyl (C=O) groups excluding carboxylic acids is 2. The summed E-state index contributed by atoms with van der Waals surface area (Å²) >= 11 is 0. The smallest absolute Gasteiger partial charge is 0.316 e. The van der Waals surface area contributed by atoms with Gasteiger partial charge in [0, 0.05) is 43.4 Å². The van der Waals surface area contributed by atoms with Gasteiger partial charge in [0.25, 0.3) is 0 Å². The first-order valence-electron chi connectivity index (χ1n) is 12.0. The monoisotopic (exact) mass is 521 g/mol. The number of benzene rings is 1. The average molecular weight is 522 g/mol. The Balaban J connectivity index is 1.46. The fraction of sp³-hybridized carbons (Fsp3) is 0.542. The van der Waals surface area contributed by atoms with E-state index in [-0.39, 0.29) is 25.9 Å². The summed E-state index contributed by atoms with van der Waals surface area (Å²) in [6.07, 6.45) is 2.34. The van der Waals surface area contributed by atoms with Crippen LogP contribution in [0.5, 0.6) is 0 Å². The lowest BCUT2D eigenvalue weighted by Gasteiger charge is -2.49. The molecule has 2 aliphatic carbocycles. The van der Waals surface area contributed by atoms with Crippen molar-refractivity contribution in [3.63, 3.8) is 0 Å². The topological polar surface area (TPSA) is 105 Å². The number of rotatable bonds is 7. The van der Waals surface area contributed by atoms with Gasteiger partial charge in [-0.05, 0) is 43.9 Å². The number of alkyl halides is 1. The van der Waals surface area contributed by atoms with Gasteiger partial charge in [-0.15, -0.1) is 0 Å². The molecule has 3 fully saturated rings. The number of aromatic nitrogens is 2. The number of hydrogen-bond donors (Lipinski definition) is 1. The Morgan fingerprint density at radius 3 is 2.42 bits per heavy atom. The average Bonchev–Trinajstić information content (AvgIpc) is 3.38. The van der Waals surface area contributed by atoms with E-state index in [0.717, 1.165) is 4.90 Å². The number of nitrogens with one attached hydrogen (secondary N) is 1. The molecule has 12 heteroatoms. The zero-order chi connectivity index (χ0) is 25.8. The number of nitrogens with zero attached hydrogens (tertiary/aromatic N) is 4. The number of hydrogen-bond acceptors (Lipinski definition) is 5. The van der Waals surface area contributed by atoms with Crippen LogP contribution in [0.2, 0.25) is 0 Å². The van der Waals surface area contributed by atoms with E-state index in [9.17, 15) is 22.4 Å². The molecule has 9 nitrogen and oxygen atoms in total. The molecular formula is C24H29F2N5O4S. The lowest BCUT2D eigenvalue weighted by molar-refractivity contribution is -0.142. The molecule has 4 unspecified atom stereocenters. The van der Waals surface area contributed by atoms with Crippen molar-refractivity contribution in [2.75, 3.05) is 0 Å². The minimum Gasteiger partial charge on any atom is -0.316 e. The van der Waals surface area contributed by atoms with Crippen molar-refractivity contribution >= 4 is 22.0 Å². The zero-order valence-corrected chi connectivity index (χ0v) is 20.9. The maximum absolute atomic E-state index is 15.4. The van der Waals surface area contributed by atoms with Crippen LogP contribution in [0.4, 0.5) is 13.6 Å². The highest BCUT2D eigenvalue weighted by molar-refractivity contribution is 7.90. The number of urea groups is 1. The van der Waals surface area contributed by atoms with Gasteiger partial charge in [0.15, 0.2) is 0 Å². The van der Waals surface area contributed by atoms with Crippen molar-refractivity contribution in [3.8, 4) is 0 Å². The largest absolute Gasteiger partial charge is 0.327 e. The Bertz CT molecular complexity index is 1280. The number of aryl methyl sites for hydroxylation is 1. The molecule has 1 aromatic carbocycles. The third kappa shape index (κ3) is 4.75. The number of amides is 3. The molecule has 4 atom stereocenters. The Morgan fingerprint density at radius 1 is 1.11 bits per heavy atom. The Labute approximate surface area is 208 Å². The zero-order valence-electron chi connectivity index (χ0n) is 20.1. The van der Waals surface area contributed by atoms with Crippen LogP contribution in [0, 0.1) is 11.7 Å².